The van der Waals surface area contributed by atoms with E-state index in [0.29, 0.717) is 6.54 Å². The molecule has 0 saturated heterocycles. The zero-order chi connectivity index (χ0) is 10.1. The number of hydrogen-bond donors (Lipinski definition) is 1. The first-order valence-electron chi connectivity index (χ1n) is 4.70. The molecule has 0 amide bonds. The van der Waals surface area contributed by atoms with E-state index in [0.717, 1.165) is 25.9 Å². The van der Waals surface area contributed by atoms with Crippen molar-refractivity contribution in [2.24, 2.45) is 5.14 Å². The van der Waals surface area contributed by atoms with Crippen molar-refractivity contribution in [2.45, 2.75) is 31.4 Å². The average Bonchev–Trinajstić information content (AvgIpc) is 2.79. The maximum Gasteiger partial charge on any atom is 0.216 e. The lowest BCUT2D eigenvalue weighted by Gasteiger charge is -2.23. The van der Waals surface area contributed by atoms with Gasteiger partial charge in [0, 0.05) is 6.54 Å². The summed E-state index contributed by atoms with van der Waals surface area (Å²) >= 11 is 0. The van der Waals surface area contributed by atoms with Gasteiger partial charge in [-0.25, -0.2) is 13.6 Å². The summed E-state index contributed by atoms with van der Waals surface area (Å²) in [5.74, 6) is 0. The number of nitrogens with two attached hydrogens (primary N) is 1. The van der Waals surface area contributed by atoms with Crippen LogP contribution in [-0.2, 0) is 10.0 Å². The van der Waals surface area contributed by atoms with Gasteiger partial charge in [-0.2, -0.15) is 0 Å². The number of nitrogens with zero attached hydrogens (tertiary/aromatic N) is 1. The molecule has 0 aromatic carbocycles. The van der Waals surface area contributed by atoms with Crippen molar-refractivity contribution in [3.63, 3.8) is 0 Å². The van der Waals surface area contributed by atoms with Gasteiger partial charge in [-0.3, -0.25) is 0 Å². The molecule has 0 aliphatic heterocycles. The maximum absolute atomic E-state index is 11.2. The zero-order valence-electron chi connectivity index (χ0n) is 8.69. The molecule has 0 spiro atoms. The Morgan fingerprint density at radius 2 is 1.71 bits per heavy atom. The molecule has 0 bridgehead atoms. The van der Waals surface area contributed by atoms with Crippen molar-refractivity contribution in [3.8, 4) is 0 Å². The second kappa shape index (κ2) is 4.79. The van der Waals surface area contributed by atoms with Crippen LogP contribution in [-0.4, -0.2) is 37.7 Å². The number of rotatable bonds is 5. The summed E-state index contributed by atoms with van der Waals surface area (Å²) < 4.78 is 21.9. The first-order valence-corrected chi connectivity index (χ1v) is 6.24. The highest BCUT2D eigenvalue weighted by Gasteiger charge is 2.53. The summed E-state index contributed by atoms with van der Waals surface area (Å²) in [5.41, 5.74) is 0. The molecule has 0 aromatic rings. The summed E-state index contributed by atoms with van der Waals surface area (Å²) in [6, 6.07) is 0. The predicted octanol–water partition coefficient (Wildman–Crippen LogP) is 0.571. The van der Waals surface area contributed by atoms with Crippen LogP contribution in [0.1, 0.15) is 26.7 Å². The predicted molar refractivity (Wildman–Crippen MR) is 60.1 cm³/mol. The van der Waals surface area contributed by atoms with Crippen molar-refractivity contribution in [3.05, 3.63) is 0 Å². The molecule has 0 radical (unpaired) electrons. The second-order valence-corrected chi connectivity index (χ2v) is 5.65. The van der Waals surface area contributed by atoms with E-state index in [9.17, 15) is 8.42 Å². The number of hydrogen-bond acceptors (Lipinski definition) is 3. The monoisotopic (exact) mass is 242 g/mol. The van der Waals surface area contributed by atoms with E-state index in [1.807, 2.05) is 13.8 Å². The highest BCUT2D eigenvalue weighted by molar-refractivity contribution is 7.90. The Labute approximate surface area is 92.3 Å². The van der Waals surface area contributed by atoms with Crippen LogP contribution in [0.5, 0.6) is 0 Å². The fourth-order valence-electron chi connectivity index (χ4n) is 1.53. The summed E-state index contributed by atoms with van der Waals surface area (Å²) in [5, 5.41) is 5.18. The fourth-order valence-corrected chi connectivity index (χ4v) is 2.56. The van der Waals surface area contributed by atoms with Gasteiger partial charge in [0.25, 0.3) is 0 Å². The molecule has 0 atom stereocenters. The van der Waals surface area contributed by atoms with Crippen molar-refractivity contribution in [1.82, 2.24) is 4.90 Å². The third kappa shape index (κ3) is 2.82. The minimum Gasteiger partial charge on any atom is -0.302 e. The van der Waals surface area contributed by atoms with E-state index >= 15 is 0 Å². The molecule has 1 rings (SSSR count). The van der Waals surface area contributed by atoms with Crippen LogP contribution in [0.25, 0.3) is 0 Å². The first-order chi connectivity index (χ1) is 5.95. The minimum atomic E-state index is -3.35. The molecule has 1 fully saturated rings. The van der Waals surface area contributed by atoms with Crippen LogP contribution in [0.4, 0.5) is 0 Å². The lowest BCUT2D eigenvalue weighted by Crippen LogP contribution is -2.41. The number of primary sulfonamides is 1. The SMILES string of the molecule is CCN(CC)CC1(S(N)(=O)=O)CC1.Cl. The van der Waals surface area contributed by atoms with E-state index < -0.39 is 14.8 Å². The standard InChI is InChI=1S/C8H18N2O2S.ClH/c1-3-10(4-2)7-8(5-6-8)13(9,11)12;/h3-7H2,1-2H3,(H2,9,11,12);1H. The van der Waals surface area contributed by atoms with Gasteiger partial charge >= 0.3 is 0 Å². The molecule has 1 aliphatic rings. The molecule has 0 aromatic heterocycles. The van der Waals surface area contributed by atoms with Crippen LogP contribution < -0.4 is 5.14 Å². The Bertz CT molecular complexity index is 271. The van der Waals surface area contributed by atoms with Gasteiger partial charge in [0.15, 0.2) is 0 Å². The molecule has 14 heavy (non-hydrogen) atoms. The summed E-state index contributed by atoms with van der Waals surface area (Å²) in [6.07, 6.45) is 1.45. The lowest BCUT2D eigenvalue weighted by molar-refractivity contribution is 0.296. The van der Waals surface area contributed by atoms with Crippen molar-refractivity contribution < 1.29 is 8.42 Å². The van der Waals surface area contributed by atoms with E-state index in [1.165, 1.54) is 0 Å². The molecule has 86 valence electrons. The summed E-state index contributed by atoms with van der Waals surface area (Å²) in [7, 11) is -3.35. The van der Waals surface area contributed by atoms with Crippen molar-refractivity contribution in [2.75, 3.05) is 19.6 Å². The highest BCUT2D eigenvalue weighted by atomic mass is 35.5. The molecule has 2 N–H and O–H groups in total. The molecule has 4 nitrogen and oxygen atoms in total. The van der Waals surface area contributed by atoms with Crippen LogP contribution in [0.15, 0.2) is 0 Å². The highest BCUT2D eigenvalue weighted by Crippen LogP contribution is 2.42. The molecular formula is C8H19ClN2O2S. The zero-order valence-corrected chi connectivity index (χ0v) is 10.3. The average molecular weight is 243 g/mol. The molecule has 1 saturated carbocycles. The first kappa shape index (κ1) is 14.2. The Hall–Kier alpha value is 0.160. The van der Waals surface area contributed by atoms with E-state index in [-0.39, 0.29) is 12.4 Å². The van der Waals surface area contributed by atoms with Gasteiger partial charge in [-0.05, 0) is 25.9 Å². The van der Waals surface area contributed by atoms with E-state index in [2.05, 4.69) is 4.90 Å². The Kier molecular flexibility index (Phi) is 4.84. The van der Waals surface area contributed by atoms with Crippen LogP contribution >= 0.6 is 12.4 Å². The van der Waals surface area contributed by atoms with Crippen LogP contribution in [0.2, 0.25) is 0 Å². The van der Waals surface area contributed by atoms with E-state index in [1.54, 1.807) is 0 Å². The van der Waals surface area contributed by atoms with Gasteiger partial charge in [-0.15, -0.1) is 12.4 Å². The molecule has 6 heteroatoms. The van der Waals surface area contributed by atoms with E-state index in [4.69, 9.17) is 5.14 Å². The number of sulfonamides is 1. The second-order valence-electron chi connectivity index (χ2n) is 3.69. The van der Waals surface area contributed by atoms with Crippen LogP contribution in [0, 0.1) is 0 Å². The van der Waals surface area contributed by atoms with Gasteiger partial charge in [0.2, 0.25) is 10.0 Å². The van der Waals surface area contributed by atoms with Crippen molar-refractivity contribution >= 4 is 22.4 Å². The van der Waals surface area contributed by atoms with Gasteiger partial charge in [-0.1, -0.05) is 13.8 Å². The Morgan fingerprint density at radius 1 is 1.29 bits per heavy atom. The van der Waals surface area contributed by atoms with Crippen LogP contribution in [0.3, 0.4) is 0 Å². The Balaban J connectivity index is 0.00000169. The van der Waals surface area contributed by atoms with Crippen molar-refractivity contribution in [1.29, 1.82) is 0 Å². The Morgan fingerprint density at radius 3 is 1.93 bits per heavy atom. The smallest absolute Gasteiger partial charge is 0.216 e. The van der Waals surface area contributed by atoms with Gasteiger partial charge in [0.05, 0.1) is 4.75 Å². The topological polar surface area (TPSA) is 63.4 Å². The lowest BCUT2D eigenvalue weighted by atomic mass is 10.3. The number of halogens is 1. The quantitative estimate of drug-likeness (QED) is 0.767. The normalized spacial score (nSPS) is 19.1. The minimum absolute atomic E-state index is 0. The summed E-state index contributed by atoms with van der Waals surface area (Å²) in [4.78, 5) is 2.11. The molecule has 1 aliphatic carbocycles. The third-order valence-electron chi connectivity index (χ3n) is 2.82. The molecule has 0 heterocycles. The maximum atomic E-state index is 11.2. The third-order valence-corrected chi connectivity index (χ3v) is 4.56. The summed E-state index contributed by atoms with van der Waals surface area (Å²) in [6.45, 7) is 6.42. The van der Waals surface area contributed by atoms with Gasteiger partial charge < -0.3 is 4.90 Å². The fraction of sp³-hybridized carbons (Fsp3) is 1.00. The van der Waals surface area contributed by atoms with Gasteiger partial charge in [0.1, 0.15) is 0 Å². The largest absolute Gasteiger partial charge is 0.302 e. The molecular weight excluding hydrogens is 224 g/mol. The molecule has 0 unspecified atom stereocenters.